The molecule has 1 aliphatic heterocycles. The van der Waals surface area contributed by atoms with Crippen LogP contribution in [0.4, 0.5) is 0 Å². The van der Waals surface area contributed by atoms with Crippen molar-refractivity contribution in [2.75, 3.05) is 19.7 Å². The third-order valence-electron chi connectivity index (χ3n) is 3.87. The summed E-state index contributed by atoms with van der Waals surface area (Å²) in [5.74, 6) is -0.435. The third kappa shape index (κ3) is 3.43. The smallest absolute Gasteiger partial charge is 0.371 e. The number of hydrogen-bond donors (Lipinski definition) is 2. The standard InChI is InChI=1S/C16H19NO4/c18-16(19)15-8-13-7-12(1-2-14(13)21-15)10-20-9-11-3-5-17-6-4-11/h1-2,7-8,11,17H,3-6,9-10H2,(H,18,19). The zero-order valence-electron chi connectivity index (χ0n) is 11.8. The highest BCUT2D eigenvalue weighted by Crippen LogP contribution is 2.21. The minimum atomic E-state index is -1.05. The zero-order chi connectivity index (χ0) is 14.7. The Morgan fingerprint density at radius 3 is 2.90 bits per heavy atom. The maximum atomic E-state index is 10.9. The molecule has 0 spiro atoms. The molecule has 2 N–H and O–H groups in total. The van der Waals surface area contributed by atoms with Gasteiger partial charge in [-0.25, -0.2) is 4.79 Å². The van der Waals surface area contributed by atoms with E-state index in [1.165, 1.54) is 12.8 Å². The van der Waals surface area contributed by atoms with E-state index in [0.29, 0.717) is 18.1 Å². The summed E-state index contributed by atoms with van der Waals surface area (Å²) in [6, 6.07) is 7.19. The second-order valence-corrected chi connectivity index (χ2v) is 5.50. The topological polar surface area (TPSA) is 71.7 Å². The lowest BCUT2D eigenvalue weighted by molar-refractivity contribution is 0.0665. The van der Waals surface area contributed by atoms with E-state index >= 15 is 0 Å². The molecule has 1 aromatic carbocycles. The minimum absolute atomic E-state index is 0.0298. The molecule has 1 aromatic heterocycles. The highest BCUT2D eigenvalue weighted by Gasteiger charge is 2.13. The Morgan fingerprint density at radius 1 is 1.33 bits per heavy atom. The molecule has 0 bridgehead atoms. The summed E-state index contributed by atoms with van der Waals surface area (Å²) in [5.41, 5.74) is 1.63. The van der Waals surface area contributed by atoms with Crippen molar-refractivity contribution in [1.29, 1.82) is 0 Å². The summed E-state index contributed by atoms with van der Waals surface area (Å²) in [5, 5.41) is 13.1. The fraction of sp³-hybridized carbons (Fsp3) is 0.438. The van der Waals surface area contributed by atoms with Crippen LogP contribution in [0, 0.1) is 5.92 Å². The van der Waals surface area contributed by atoms with E-state index in [4.69, 9.17) is 14.3 Å². The van der Waals surface area contributed by atoms with Crippen molar-refractivity contribution in [3.63, 3.8) is 0 Å². The molecule has 3 rings (SSSR count). The quantitative estimate of drug-likeness (QED) is 0.885. The highest BCUT2D eigenvalue weighted by atomic mass is 16.5. The van der Waals surface area contributed by atoms with Crippen LogP contribution >= 0.6 is 0 Å². The number of nitrogens with one attached hydrogen (secondary N) is 1. The molecule has 2 heterocycles. The van der Waals surface area contributed by atoms with Gasteiger partial charge in [-0.15, -0.1) is 0 Å². The van der Waals surface area contributed by atoms with E-state index in [1.54, 1.807) is 12.1 Å². The predicted octanol–water partition coefficient (Wildman–Crippen LogP) is 2.65. The van der Waals surface area contributed by atoms with Gasteiger partial charge in [0, 0.05) is 12.0 Å². The first-order valence-electron chi connectivity index (χ1n) is 7.26. The maximum absolute atomic E-state index is 10.9. The number of furan rings is 1. The normalized spacial score (nSPS) is 16.4. The largest absolute Gasteiger partial charge is 0.475 e. The molecule has 112 valence electrons. The van der Waals surface area contributed by atoms with E-state index < -0.39 is 5.97 Å². The van der Waals surface area contributed by atoms with E-state index in [9.17, 15) is 4.79 Å². The Kier molecular flexibility index (Phi) is 4.22. The van der Waals surface area contributed by atoms with Crippen LogP contribution in [0.2, 0.25) is 0 Å². The Morgan fingerprint density at radius 2 is 2.14 bits per heavy atom. The van der Waals surface area contributed by atoms with Crippen LogP contribution in [-0.2, 0) is 11.3 Å². The molecule has 2 aromatic rings. The van der Waals surface area contributed by atoms with E-state index in [2.05, 4.69) is 5.32 Å². The molecule has 0 unspecified atom stereocenters. The number of benzene rings is 1. The molecule has 1 aliphatic rings. The molecule has 5 nitrogen and oxygen atoms in total. The summed E-state index contributed by atoms with van der Waals surface area (Å²) in [6.45, 7) is 3.48. The van der Waals surface area contributed by atoms with Gasteiger partial charge in [0.25, 0.3) is 0 Å². The van der Waals surface area contributed by atoms with Gasteiger partial charge >= 0.3 is 5.97 Å². The van der Waals surface area contributed by atoms with Crippen molar-refractivity contribution in [2.45, 2.75) is 19.4 Å². The molecular weight excluding hydrogens is 270 g/mol. The van der Waals surface area contributed by atoms with Gasteiger partial charge in [-0.3, -0.25) is 0 Å². The lowest BCUT2D eigenvalue weighted by Gasteiger charge is -2.22. The highest BCUT2D eigenvalue weighted by molar-refractivity contribution is 5.91. The Balaban J connectivity index is 1.60. The van der Waals surface area contributed by atoms with Crippen LogP contribution in [0.25, 0.3) is 11.0 Å². The lowest BCUT2D eigenvalue weighted by atomic mass is 9.99. The molecule has 1 saturated heterocycles. The van der Waals surface area contributed by atoms with Crippen molar-refractivity contribution in [3.05, 3.63) is 35.6 Å². The fourth-order valence-electron chi connectivity index (χ4n) is 2.68. The van der Waals surface area contributed by atoms with Gasteiger partial charge in [0.15, 0.2) is 0 Å². The van der Waals surface area contributed by atoms with Gasteiger partial charge in [-0.2, -0.15) is 0 Å². The first-order chi connectivity index (χ1) is 10.2. The molecule has 0 atom stereocenters. The molecule has 21 heavy (non-hydrogen) atoms. The summed E-state index contributed by atoms with van der Waals surface area (Å²) >= 11 is 0. The Bertz CT molecular complexity index is 628. The van der Waals surface area contributed by atoms with Gasteiger partial charge in [-0.05, 0) is 55.6 Å². The Labute approximate surface area is 122 Å². The Hall–Kier alpha value is -1.85. The van der Waals surface area contributed by atoms with E-state index in [-0.39, 0.29) is 5.76 Å². The van der Waals surface area contributed by atoms with Gasteiger partial charge in [0.05, 0.1) is 6.61 Å². The van der Waals surface area contributed by atoms with Gasteiger partial charge in [0.1, 0.15) is 5.58 Å². The minimum Gasteiger partial charge on any atom is -0.475 e. The number of aromatic carboxylic acids is 1. The lowest BCUT2D eigenvalue weighted by Crippen LogP contribution is -2.29. The number of hydrogen-bond acceptors (Lipinski definition) is 4. The number of rotatable bonds is 5. The van der Waals surface area contributed by atoms with Crippen molar-refractivity contribution >= 4 is 16.9 Å². The molecular formula is C16H19NO4. The third-order valence-corrected chi connectivity index (χ3v) is 3.87. The van der Waals surface area contributed by atoms with Crippen LogP contribution in [0.15, 0.2) is 28.7 Å². The first kappa shape index (κ1) is 14.1. The number of carboxylic acid groups (broad SMARTS) is 1. The molecule has 0 amide bonds. The SMILES string of the molecule is O=C(O)c1cc2cc(COCC3CCNCC3)ccc2o1. The number of piperidine rings is 1. The van der Waals surface area contributed by atoms with Gasteiger partial charge in [0.2, 0.25) is 5.76 Å². The van der Waals surface area contributed by atoms with Crippen LogP contribution in [-0.4, -0.2) is 30.8 Å². The van der Waals surface area contributed by atoms with Crippen LogP contribution in [0.3, 0.4) is 0 Å². The van der Waals surface area contributed by atoms with Crippen molar-refractivity contribution in [3.8, 4) is 0 Å². The molecule has 0 saturated carbocycles. The molecule has 5 heteroatoms. The summed E-state index contributed by atoms with van der Waals surface area (Å²) < 4.78 is 11.0. The molecule has 0 radical (unpaired) electrons. The average Bonchev–Trinajstić information content (AvgIpc) is 2.92. The number of ether oxygens (including phenoxy) is 1. The number of fused-ring (bicyclic) bond motifs is 1. The van der Waals surface area contributed by atoms with Crippen molar-refractivity contribution < 1.29 is 19.1 Å². The zero-order valence-corrected chi connectivity index (χ0v) is 11.8. The van der Waals surface area contributed by atoms with Gasteiger partial charge in [-0.1, -0.05) is 6.07 Å². The van der Waals surface area contributed by atoms with E-state index in [0.717, 1.165) is 30.6 Å². The summed E-state index contributed by atoms with van der Waals surface area (Å²) in [6.07, 6.45) is 2.34. The number of carboxylic acids is 1. The predicted molar refractivity (Wildman–Crippen MR) is 78.4 cm³/mol. The van der Waals surface area contributed by atoms with Crippen LogP contribution < -0.4 is 5.32 Å². The number of carbonyl (C=O) groups is 1. The first-order valence-corrected chi connectivity index (χ1v) is 7.26. The average molecular weight is 289 g/mol. The fourth-order valence-corrected chi connectivity index (χ4v) is 2.68. The molecule has 1 fully saturated rings. The van der Waals surface area contributed by atoms with Gasteiger partial charge < -0.3 is 19.6 Å². The van der Waals surface area contributed by atoms with Crippen LogP contribution in [0.1, 0.15) is 29.0 Å². The molecule has 0 aliphatic carbocycles. The van der Waals surface area contributed by atoms with Crippen molar-refractivity contribution in [1.82, 2.24) is 5.32 Å². The van der Waals surface area contributed by atoms with Crippen molar-refractivity contribution in [2.24, 2.45) is 5.92 Å². The maximum Gasteiger partial charge on any atom is 0.371 e. The summed E-state index contributed by atoms with van der Waals surface area (Å²) in [4.78, 5) is 10.9. The second-order valence-electron chi connectivity index (χ2n) is 5.50. The second kappa shape index (κ2) is 6.28. The van der Waals surface area contributed by atoms with Crippen LogP contribution in [0.5, 0.6) is 0 Å². The van der Waals surface area contributed by atoms with E-state index in [1.807, 2.05) is 12.1 Å². The summed E-state index contributed by atoms with van der Waals surface area (Å²) in [7, 11) is 0. The monoisotopic (exact) mass is 289 g/mol.